The lowest BCUT2D eigenvalue weighted by molar-refractivity contribution is -0.142. The van der Waals surface area contributed by atoms with Crippen molar-refractivity contribution < 1.29 is 22.4 Å². The molecule has 1 amide bonds. The van der Waals surface area contributed by atoms with Gasteiger partial charge in [-0.25, -0.2) is 13.9 Å². The molecule has 24 heavy (non-hydrogen) atoms. The van der Waals surface area contributed by atoms with Crippen LogP contribution < -0.4 is 5.73 Å². The molecule has 0 spiro atoms. The highest BCUT2D eigenvalue weighted by atomic mass is 35.5. The highest BCUT2D eigenvalue weighted by molar-refractivity contribution is 6.36. The molecule has 5 nitrogen and oxygen atoms in total. The Labute approximate surface area is 136 Å². The Morgan fingerprint density at radius 2 is 1.83 bits per heavy atom. The van der Waals surface area contributed by atoms with Gasteiger partial charge in [0, 0.05) is 5.56 Å². The summed E-state index contributed by atoms with van der Waals surface area (Å²) in [6.07, 6.45) is -4.79. The second-order valence-corrected chi connectivity index (χ2v) is 5.17. The van der Waals surface area contributed by atoms with Crippen LogP contribution in [0.25, 0.3) is 16.9 Å². The third-order valence-corrected chi connectivity index (χ3v) is 3.54. The summed E-state index contributed by atoms with van der Waals surface area (Å²) in [5.41, 5.74) is 3.10. The Balaban J connectivity index is 2.35. The van der Waals surface area contributed by atoms with E-state index in [-0.39, 0.29) is 16.9 Å². The van der Waals surface area contributed by atoms with Crippen LogP contribution in [0.5, 0.6) is 0 Å². The minimum atomic E-state index is -4.79. The molecule has 0 saturated heterocycles. The smallest absolute Gasteiger partial charge is 0.364 e. The van der Waals surface area contributed by atoms with Gasteiger partial charge in [-0.15, -0.1) is 0 Å². The maximum atomic E-state index is 13.3. The number of hydrogen-bond acceptors (Lipinski definition) is 3. The second kappa shape index (κ2) is 5.45. The van der Waals surface area contributed by atoms with Crippen LogP contribution in [0.3, 0.4) is 0 Å². The zero-order chi connectivity index (χ0) is 17.6. The first-order valence-corrected chi connectivity index (χ1v) is 6.78. The van der Waals surface area contributed by atoms with Gasteiger partial charge in [0.1, 0.15) is 10.8 Å². The van der Waals surface area contributed by atoms with Gasteiger partial charge in [0.15, 0.2) is 17.0 Å². The molecular formula is C14H7ClF4N4O. The average Bonchev–Trinajstić information content (AvgIpc) is 2.83. The van der Waals surface area contributed by atoms with Gasteiger partial charge in [0.05, 0.1) is 5.69 Å². The number of alkyl halides is 3. The van der Waals surface area contributed by atoms with Gasteiger partial charge in [0.2, 0.25) is 0 Å². The zero-order valence-corrected chi connectivity index (χ0v) is 12.4. The number of hydrogen-bond donors (Lipinski definition) is 1. The fourth-order valence-corrected chi connectivity index (χ4v) is 2.37. The number of halogens is 5. The fraction of sp³-hybridized carbons (Fsp3) is 0.0714. The summed E-state index contributed by atoms with van der Waals surface area (Å²) in [7, 11) is 0. The summed E-state index contributed by atoms with van der Waals surface area (Å²) in [4.78, 5) is 15.2. The maximum Gasteiger partial charge on any atom is 0.433 e. The van der Waals surface area contributed by atoms with Crippen LogP contribution in [0, 0.1) is 5.82 Å². The van der Waals surface area contributed by atoms with Crippen LogP contribution in [-0.2, 0) is 6.18 Å². The Morgan fingerprint density at radius 3 is 2.38 bits per heavy atom. The van der Waals surface area contributed by atoms with Crippen LogP contribution in [0.4, 0.5) is 17.6 Å². The molecule has 124 valence electrons. The molecule has 1 aromatic carbocycles. The molecule has 0 fully saturated rings. The quantitative estimate of drug-likeness (QED) is 0.714. The Bertz CT molecular complexity index is 950. The number of primary amides is 1. The van der Waals surface area contributed by atoms with Gasteiger partial charge in [0.25, 0.3) is 5.91 Å². The molecular weight excluding hydrogens is 352 g/mol. The maximum absolute atomic E-state index is 13.3. The third-order valence-electron chi connectivity index (χ3n) is 3.20. The molecule has 3 rings (SSSR count). The molecule has 3 aromatic rings. The van der Waals surface area contributed by atoms with E-state index in [1.165, 1.54) is 12.1 Å². The van der Waals surface area contributed by atoms with Crippen LogP contribution >= 0.6 is 11.6 Å². The first kappa shape index (κ1) is 16.2. The number of aromatic nitrogens is 3. The minimum absolute atomic E-state index is 0.104. The SMILES string of the molecule is NC(=O)c1nn2c(C(F)(F)F)cc(-c3ccc(F)cc3)nc2c1Cl. The van der Waals surface area contributed by atoms with E-state index in [2.05, 4.69) is 10.1 Å². The number of carbonyl (C=O) groups excluding carboxylic acids is 1. The molecule has 2 heterocycles. The predicted molar refractivity (Wildman–Crippen MR) is 76.9 cm³/mol. The highest BCUT2D eigenvalue weighted by Crippen LogP contribution is 2.34. The normalized spacial score (nSPS) is 11.9. The first-order valence-electron chi connectivity index (χ1n) is 6.40. The number of nitrogens with zero attached hydrogens (tertiary/aromatic N) is 3. The summed E-state index contributed by atoms with van der Waals surface area (Å²) in [5, 5.41) is 3.10. The molecule has 0 bridgehead atoms. The van der Waals surface area contributed by atoms with E-state index in [0.717, 1.165) is 18.2 Å². The highest BCUT2D eigenvalue weighted by Gasteiger charge is 2.36. The van der Waals surface area contributed by atoms with Crippen LogP contribution in [0.1, 0.15) is 16.2 Å². The zero-order valence-electron chi connectivity index (χ0n) is 11.6. The Hall–Kier alpha value is -2.68. The number of rotatable bonds is 2. The molecule has 0 aliphatic carbocycles. The summed E-state index contributed by atoms with van der Waals surface area (Å²) in [6, 6.07) is 5.44. The van der Waals surface area contributed by atoms with Crippen molar-refractivity contribution in [2.75, 3.05) is 0 Å². The van der Waals surface area contributed by atoms with Crippen molar-refractivity contribution in [3.05, 3.63) is 52.6 Å². The average molecular weight is 359 g/mol. The second-order valence-electron chi connectivity index (χ2n) is 4.79. The van der Waals surface area contributed by atoms with Gasteiger partial charge in [-0.3, -0.25) is 4.79 Å². The fourth-order valence-electron chi connectivity index (χ4n) is 2.12. The topological polar surface area (TPSA) is 73.3 Å². The van der Waals surface area contributed by atoms with Crippen LogP contribution in [0.2, 0.25) is 5.02 Å². The standard InChI is InChI=1S/C14H7ClF4N4O/c15-10-11(12(20)24)22-23-9(14(17,18)19)5-8(21-13(10)23)6-1-3-7(16)4-2-6/h1-5H,(H2,20,24). The van der Waals surface area contributed by atoms with Crippen molar-refractivity contribution in [1.29, 1.82) is 0 Å². The Morgan fingerprint density at radius 1 is 1.21 bits per heavy atom. The van der Waals surface area contributed by atoms with Crippen molar-refractivity contribution in [3.8, 4) is 11.3 Å². The monoisotopic (exact) mass is 358 g/mol. The van der Waals surface area contributed by atoms with Crippen molar-refractivity contribution in [2.45, 2.75) is 6.18 Å². The van der Waals surface area contributed by atoms with E-state index in [1.54, 1.807) is 0 Å². The minimum Gasteiger partial charge on any atom is -0.364 e. The summed E-state index contributed by atoms with van der Waals surface area (Å²) >= 11 is 5.88. The van der Waals surface area contributed by atoms with Crippen molar-refractivity contribution in [1.82, 2.24) is 14.6 Å². The van der Waals surface area contributed by atoms with E-state index in [4.69, 9.17) is 17.3 Å². The molecule has 0 unspecified atom stereocenters. The van der Waals surface area contributed by atoms with E-state index < -0.39 is 34.3 Å². The van der Waals surface area contributed by atoms with E-state index in [9.17, 15) is 22.4 Å². The molecule has 0 aliphatic rings. The number of amides is 1. The predicted octanol–water partition coefficient (Wildman–Crippen LogP) is 3.31. The third kappa shape index (κ3) is 2.67. The molecule has 0 atom stereocenters. The van der Waals surface area contributed by atoms with Crippen LogP contribution in [0.15, 0.2) is 30.3 Å². The van der Waals surface area contributed by atoms with Crippen LogP contribution in [-0.4, -0.2) is 20.5 Å². The molecule has 2 N–H and O–H groups in total. The lowest BCUT2D eigenvalue weighted by atomic mass is 10.1. The van der Waals surface area contributed by atoms with E-state index >= 15 is 0 Å². The largest absolute Gasteiger partial charge is 0.433 e. The van der Waals surface area contributed by atoms with Crippen molar-refractivity contribution in [2.24, 2.45) is 5.73 Å². The van der Waals surface area contributed by atoms with Crippen molar-refractivity contribution >= 4 is 23.2 Å². The van der Waals surface area contributed by atoms with Gasteiger partial charge < -0.3 is 5.73 Å². The first-order chi connectivity index (χ1) is 11.2. The van der Waals surface area contributed by atoms with E-state index in [1.807, 2.05) is 0 Å². The molecule has 0 aliphatic heterocycles. The number of benzene rings is 1. The summed E-state index contributed by atoms with van der Waals surface area (Å²) in [6.45, 7) is 0. The lowest BCUT2D eigenvalue weighted by Gasteiger charge is -2.11. The summed E-state index contributed by atoms with van der Waals surface area (Å²) in [5.74, 6) is -1.63. The number of fused-ring (bicyclic) bond motifs is 1. The van der Waals surface area contributed by atoms with Gasteiger partial charge in [-0.05, 0) is 30.3 Å². The van der Waals surface area contributed by atoms with Gasteiger partial charge in [-0.2, -0.15) is 18.3 Å². The number of nitrogens with two attached hydrogens (primary N) is 1. The lowest BCUT2D eigenvalue weighted by Crippen LogP contribution is -2.15. The Kier molecular flexibility index (Phi) is 3.67. The molecule has 2 aromatic heterocycles. The van der Waals surface area contributed by atoms with Gasteiger partial charge >= 0.3 is 6.18 Å². The van der Waals surface area contributed by atoms with Gasteiger partial charge in [-0.1, -0.05) is 11.6 Å². The number of carbonyl (C=O) groups is 1. The molecule has 10 heteroatoms. The molecule has 0 radical (unpaired) electrons. The van der Waals surface area contributed by atoms with E-state index in [0.29, 0.717) is 4.52 Å². The van der Waals surface area contributed by atoms with Crippen molar-refractivity contribution in [3.63, 3.8) is 0 Å². The summed E-state index contributed by atoms with van der Waals surface area (Å²) < 4.78 is 53.3. The molecule has 0 saturated carbocycles.